The van der Waals surface area contributed by atoms with Crippen molar-refractivity contribution in [3.05, 3.63) is 34.3 Å². The van der Waals surface area contributed by atoms with Crippen molar-refractivity contribution in [2.24, 2.45) is 11.8 Å². The third-order valence-corrected chi connectivity index (χ3v) is 5.31. The quantitative estimate of drug-likeness (QED) is 0.685. The number of carbonyl (C=O) groups excluding carboxylic acids is 2. The fourth-order valence-electron chi connectivity index (χ4n) is 3.24. The molecule has 1 aromatic carbocycles. The lowest BCUT2D eigenvalue weighted by atomic mass is 10.0. The first kappa shape index (κ1) is 15.7. The number of benzene rings is 1. The van der Waals surface area contributed by atoms with Gasteiger partial charge in [0.15, 0.2) is 5.78 Å². The lowest BCUT2D eigenvalue weighted by molar-refractivity contribution is -0.132. The van der Waals surface area contributed by atoms with E-state index in [1.807, 2.05) is 24.1 Å². The Labute approximate surface area is 140 Å². The Hall–Kier alpha value is -1.16. The van der Waals surface area contributed by atoms with Crippen LogP contribution in [0.4, 0.5) is 0 Å². The fraction of sp³-hybridized carbons (Fsp3) is 0.556. The van der Waals surface area contributed by atoms with Crippen LogP contribution in [0.5, 0.6) is 0 Å². The fourth-order valence-corrected chi connectivity index (χ4v) is 3.50. The maximum absolute atomic E-state index is 12.4. The van der Waals surface area contributed by atoms with Crippen LogP contribution < -0.4 is 0 Å². The molecule has 0 atom stereocenters. The van der Waals surface area contributed by atoms with Gasteiger partial charge >= 0.3 is 0 Å². The number of ketones is 1. The number of hydrogen-bond donors (Lipinski definition) is 0. The summed E-state index contributed by atoms with van der Waals surface area (Å²) < 4.78 is 0.955. The molecule has 0 radical (unpaired) electrons. The highest BCUT2D eigenvalue weighted by atomic mass is 79.9. The van der Waals surface area contributed by atoms with Crippen LogP contribution in [0.15, 0.2) is 28.7 Å². The first-order chi connectivity index (χ1) is 10.6. The highest BCUT2D eigenvalue weighted by Crippen LogP contribution is 2.46. The van der Waals surface area contributed by atoms with Gasteiger partial charge in [0.1, 0.15) is 0 Å². The van der Waals surface area contributed by atoms with Crippen molar-refractivity contribution in [2.75, 3.05) is 7.05 Å². The minimum Gasteiger partial charge on any atom is -0.342 e. The lowest BCUT2D eigenvalue weighted by Gasteiger charge is -2.28. The Balaban J connectivity index is 1.52. The molecular weight excluding hydrogens is 342 g/mol. The minimum absolute atomic E-state index is 0.0450. The van der Waals surface area contributed by atoms with E-state index in [9.17, 15) is 9.59 Å². The van der Waals surface area contributed by atoms with Gasteiger partial charge in [0.25, 0.3) is 0 Å². The summed E-state index contributed by atoms with van der Waals surface area (Å²) in [6.07, 6.45) is 5.66. The molecule has 4 heteroatoms. The molecule has 1 amide bonds. The number of nitrogens with zero attached hydrogens (tertiary/aromatic N) is 1. The Morgan fingerprint density at radius 3 is 2.14 bits per heavy atom. The zero-order chi connectivity index (χ0) is 15.7. The summed E-state index contributed by atoms with van der Waals surface area (Å²) in [6, 6.07) is 7.75. The third kappa shape index (κ3) is 3.78. The monoisotopic (exact) mass is 363 g/mol. The van der Waals surface area contributed by atoms with Crippen LogP contribution in [-0.2, 0) is 4.79 Å². The van der Waals surface area contributed by atoms with Gasteiger partial charge in [0.05, 0.1) is 0 Å². The van der Waals surface area contributed by atoms with Gasteiger partial charge in [-0.05, 0) is 49.7 Å². The van der Waals surface area contributed by atoms with E-state index in [1.54, 1.807) is 12.1 Å². The second-order valence-corrected chi connectivity index (χ2v) is 7.52. The molecule has 0 aliphatic heterocycles. The predicted molar refractivity (Wildman–Crippen MR) is 89.7 cm³/mol. The van der Waals surface area contributed by atoms with E-state index < -0.39 is 0 Å². The van der Waals surface area contributed by atoms with Crippen molar-refractivity contribution < 1.29 is 9.59 Å². The molecule has 118 valence electrons. The molecule has 0 aromatic heterocycles. The average molecular weight is 364 g/mol. The maximum atomic E-state index is 12.4. The molecule has 22 heavy (non-hydrogen) atoms. The van der Waals surface area contributed by atoms with Crippen LogP contribution in [-0.4, -0.2) is 29.7 Å². The largest absolute Gasteiger partial charge is 0.342 e. The molecule has 2 aliphatic carbocycles. The number of amides is 1. The molecule has 0 unspecified atom stereocenters. The zero-order valence-corrected chi connectivity index (χ0v) is 14.5. The smallest absolute Gasteiger partial charge is 0.223 e. The number of halogens is 1. The normalized spacial score (nSPS) is 17.6. The van der Waals surface area contributed by atoms with Crippen molar-refractivity contribution >= 4 is 27.6 Å². The highest BCUT2D eigenvalue weighted by molar-refractivity contribution is 9.10. The molecular formula is C18H22BrNO2. The molecule has 0 spiro atoms. The molecule has 2 aliphatic rings. The molecule has 2 fully saturated rings. The third-order valence-electron chi connectivity index (χ3n) is 4.78. The predicted octanol–water partition coefficient (Wildman–Crippen LogP) is 4.06. The number of carbonyl (C=O) groups is 2. The van der Waals surface area contributed by atoms with Gasteiger partial charge in [-0.3, -0.25) is 9.59 Å². The number of Topliss-reactive ketones (excluding diaryl/α,β-unsaturated/α-hetero) is 1. The van der Waals surface area contributed by atoms with E-state index in [4.69, 9.17) is 0 Å². The van der Waals surface area contributed by atoms with Crippen LogP contribution in [0.2, 0.25) is 0 Å². The molecule has 0 saturated heterocycles. The van der Waals surface area contributed by atoms with E-state index in [0.29, 0.717) is 36.3 Å². The summed E-state index contributed by atoms with van der Waals surface area (Å²) >= 11 is 3.36. The molecule has 3 rings (SSSR count). The Kier molecular flexibility index (Phi) is 4.67. The van der Waals surface area contributed by atoms with Gasteiger partial charge in [-0.25, -0.2) is 0 Å². The second kappa shape index (κ2) is 6.53. The first-order valence-electron chi connectivity index (χ1n) is 8.10. The van der Waals surface area contributed by atoms with Gasteiger partial charge < -0.3 is 4.90 Å². The van der Waals surface area contributed by atoms with E-state index in [2.05, 4.69) is 15.9 Å². The van der Waals surface area contributed by atoms with E-state index in [-0.39, 0.29) is 11.7 Å². The summed E-state index contributed by atoms with van der Waals surface area (Å²) in [7, 11) is 1.92. The Bertz CT molecular complexity index is 549. The summed E-state index contributed by atoms with van der Waals surface area (Å²) in [5.74, 6) is 1.59. The van der Waals surface area contributed by atoms with Crippen LogP contribution in [0.25, 0.3) is 0 Å². The lowest BCUT2D eigenvalue weighted by Crippen LogP contribution is -2.40. The number of rotatable bonds is 7. The van der Waals surface area contributed by atoms with Crippen LogP contribution in [0.1, 0.15) is 48.9 Å². The van der Waals surface area contributed by atoms with Gasteiger partial charge in [0, 0.05) is 36.0 Å². The zero-order valence-electron chi connectivity index (χ0n) is 12.9. The van der Waals surface area contributed by atoms with Crippen molar-refractivity contribution in [3.8, 4) is 0 Å². The molecule has 1 aromatic rings. The molecule has 0 heterocycles. The standard InChI is InChI=1S/C18H22BrNO2/c1-20(18(13-2-3-13)14-4-5-14)17(22)11-10-16(21)12-6-8-15(19)9-7-12/h6-9,13-14,18H,2-5,10-11H2,1H3. The van der Waals surface area contributed by atoms with Gasteiger partial charge in [-0.2, -0.15) is 0 Å². The van der Waals surface area contributed by atoms with Gasteiger partial charge in [0.2, 0.25) is 5.91 Å². The van der Waals surface area contributed by atoms with Gasteiger partial charge in [-0.15, -0.1) is 0 Å². The van der Waals surface area contributed by atoms with Crippen LogP contribution >= 0.6 is 15.9 Å². The van der Waals surface area contributed by atoms with Crippen molar-refractivity contribution in [3.63, 3.8) is 0 Å². The van der Waals surface area contributed by atoms with Crippen LogP contribution in [0, 0.1) is 11.8 Å². The minimum atomic E-state index is 0.0450. The number of hydrogen-bond acceptors (Lipinski definition) is 2. The summed E-state index contributed by atoms with van der Waals surface area (Å²) in [5, 5.41) is 0. The second-order valence-electron chi connectivity index (χ2n) is 6.60. The average Bonchev–Trinajstić information content (AvgIpc) is 3.39. The molecule has 0 N–H and O–H groups in total. The SMILES string of the molecule is CN(C(=O)CCC(=O)c1ccc(Br)cc1)C(C1CC1)C1CC1. The Morgan fingerprint density at radius 2 is 1.64 bits per heavy atom. The Morgan fingerprint density at radius 1 is 1.09 bits per heavy atom. The van der Waals surface area contributed by atoms with Crippen molar-refractivity contribution in [1.29, 1.82) is 0 Å². The maximum Gasteiger partial charge on any atom is 0.223 e. The van der Waals surface area contributed by atoms with E-state index >= 15 is 0 Å². The van der Waals surface area contributed by atoms with Gasteiger partial charge in [-0.1, -0.05) is 28.1 Å². The summed E-state index contributed by atoms with van der Waals surface area (Å²) in [4.78, 5) is 26.5. The van der Waals surface area contributed by atoms with E-state index in [1.165, 1.54) is 25.7 Å². The van der Waals surface area contributed by atoms with Crippen molar-refractivity contribution in [1.82, 2.24) is 4.90 Å². The highest BCUT2D eigenvalue weighted by Gasteiger charge is 2.44. The van der Waals surface area contributed by atoms with Crippen molar-refractivity contribution in [2.45, 2.75) is 44.6 Å². The molecule has 3 nitrogen and oxygen atoms in total. The van der Waals surface area contributed by atoms with E-state index in [0.717, 1.165) is 4.47 Å². The van der Waals surface area contributed by atoms with Crippen LogP contribution in [0.3, 0.4) is 0 Å². The molecule has 2 saturated carbocycles. The topological polar surface area (TPSA) is 37.4 Å². The summed E-state index contributed by atoms with van der Waals surface area (Å²) in [5.41, 5.74) is 0.680. The summed E-state index contributed by atoms with van der Waals surface area (Å²) in [6.45, 7) is 0. The first-order valence-corrected chi connectivity index (χ1v) is 8.90. The molecule has 0 bridgehead atoms.